The zero-order valence-electron chi connectivity index (χ0n) is 13.4. The van der Waals surface area contributed by atoms with Crippen LogP contribution in [0.1, 0.15) is 16.7 Å². The quantitative estimate of drug-likeness (QED) is 0.760. The molecule has 0 aliphatic heterocycles. The van der Waals surface area contributed by atoms with Crippen LogP contribution in [0.2, 0.25) is 0 Å². The third kappa shape index (κ3) is 3.65. The van der Waals surface area contributed by atoms with Crippen molar-refractivity contribution in [3.8, 4) is 6.07 Å². The van der Waals surface area contributed by atoms with Gasteiger partial charge in [-0.15, -0.1) is 5.10 Å². The number of hydrogen-bond acceptors (Lipinski definition) is 6. The first-order valence-electron chi connectivity index (χ1n) is 7.45. The Labute approximate surface area is 140 Å². The van der Waals surface area contributed by atoms with Crippen molar-refractivity contribution in [2.75, 3.05) is 10.6 Å². The summed E-state index contributed by atoms with van der Waals surface area (Å²) >= 11 is 0. The Kier molecular flexibility index (Phi) is 4.34. The number of aromatic nitrogens is 3. The fraction of sp³-hybridized carbons (Fsp3) is 0.111. The number of nitrogens with one attached hydrogen (secondary N) is 2. The molecule has 0 atom stereocenters. The molecule has 0 spiro atoms. The van der Waals surface area contributed by atoms with Crippen LogP contribution in [0.4, 0.5) is 23.1 Å². The number of benzene rings is 2. The van der Waals surface area contributed by atoms with Gasteiger partial charge in [0.1, 0.15) is 0 Å². The van der Waals surface area contributed by atoms with Crippen LogP contribution in [0.5, 0.6) is 0 Å². The van der Waals surface area contributed by atoms with Crippen molar-refractivity contribution in [2.45, 2.75) is 13.8 Å². The second kappa shape index (κ2) is 6.75. The van der Waals surface area contributed by atoms with Crippen LogP contribution in [-0.2, 0) is 0 Å². The first-order chi connectivity index (χ1) is 11.6. The lowest BCUT2D eigenvalue weighted by molar-refractivity contribution is 0.982. The molecular weight excluding hydrogens is 300 g/mol. The number of rotatable bonds is 4. The molecule has 0 amide bonds. The summed E-state index contributed by atoms with van der Waals surface area (Å²) in [6, 6.07) is 15.4. The van der Waals surface area contributed by atoms with Gasteiger partial charge in [0.25, 0.3) is 0 Å². The van der Waals surface area contributed by atoms with Gasteiger partial charge in [0.2, 0.25) is 5.95 Å². The minimum Gasteiger partial charge on any atom is -0.339 e. The second-order valence-corrected chi connectivity index (χ2v) is 5.43. The molecule has 0 saturated carbocycles. The first kappa shape index (κ1) is 15.4. The van der Waals surface area contributed by atoms with E-state index >= 15 is 0 Å². The van der Waals surface area contributed by atoms with E-state index in [9.17, 15) is 0 Å². The predicted molar refractivity (Wildman–Crippen MR) is 93.5 cm³/mol. The Morgan fingerprint density at radius 3 is 2.75 bits per heavy atom. The third-order valence-electron chi connectivity index (χ3n) is 3.46. The van der Waals surface area contributed by atoms with Gasteiger partial charge < -0.3 is 10.6 Å². The zero-order valence-corrected chi connectivity index (χ0v) is 13.4. The van der Waals surface area contributed by atoms with E-state index < -0.39 is 0 Å². The molecule has 0 fully saturated rings. The van der Waals surface area contributed by atoms with Crippen LogP contribution in [0.3, 0.4) is 0 Å². The highest BCUT2D eigenvalue weighted by molar-refractivity contribution is 5.62. The van der Waals surface area contributed by atoms with Crippen molar-refractivity contribution in [2.24, 2.45) is 0 Å². The summed E-state index contributed by atoms with van der Waals surface area (Å²) in [6.45, 7) is 4.07. The van der Waals surface area contributed by atoms with E-state index in [1.54, 1.807) is 24.4 Å². The van der Waals surface area contributed by atoms with Gasteiger partial charge in [0.05, 0.1) is 17.8 Å². The van der Waals surface area contributed by atoms with Crippen molar-refractivity contribution >= 4 is 23.1 Å². The average Bonchev–Trinajstić information content (AvgIpc) is 2.59. The highest BCUT2D eigenvalue weighted by atomic mass is 15.3. The fourth-order valence-electron chi connectivity index (χ4n) is 2.22. The zero-order chi connectivity index (χ0) is 16.9. The molecule has 6 heteroatoms. The van der Waals surface area contributed by atoms with Crippen LogP contribution in [0, 0.1) is 25.2 Å². The molecule has 0 radical (unpaired) electrons. The molecule has 2 aromatic carbocycles. The van der Waals surface area contributed by atoms with Gasteiger partial charge in [-0.2, -0.15) is 15.3 Å². The molecule has 24 heavy (non-hydrogen) atoms. The smallest absolute Gasteiger partial charge is 0.249 e. The number of nitrogens with zero attached hydrogens (tertiary/aromatic N) is 4. The molecule has 2 N–H and O–H groups in total. The van der Waals surface area contributed by atoms with E-state index in [1.165, 1.54) is 0 Å². The minimum atomic E-state index is 0.361. The maximum Gasteiger partial charge on any atom is 0.249 e. The lowest BCUT2D eigenvalue weighted by atomic mass is 10.1. The number of anilines is 4. The molecule has 0 aliphatic rings. The Morgan fingerprint density at radius 1 is 1.04 bits per heavy atom. The molecule has 0 unspecified atom stereocenters. The summed E-state index contributed by atoms with van der Waals surface area (Å²) in [5.74, 6) is 0.957. The van der Waals surface area contributed by atoms with Gasteiger partial charge in [-0.3, -0.25) is 0 Å². The molecule has 3 rings (SSSR count). The third-order valence-corrected chi connectivity index (χ3v) is 3.46. The molecule has 1 heterocycles. The maximum atomic E-state index is 8.95. The maximum absolute atomic E-state index is 8.95. The van der Waals surface area contributed by atoms with E-state index in [4.69, 9.17) is 5.26 Å². The van der Waals surface area contributed by atoms with Gasteiger partial charge in [-0.25, -0.2) is 0 Å². The van der Waals surface area contributed by atoms with Crippen molar-refractivity contribution in [3.63, 3.8) is 0 Å². The monoisotopic (exact) mass is 316 g/mol. The van der Waals surface area contributed by atoms with E-state index in [2.05, 4.69) is 50.1 Å². The lowest BCUT2D eigenvalue weighted by Crippen LogP contribution is -2.03. The average molecular weight is 316 g/mol. The van der Waals surface area contributed by atoms with Crippen molar-refractivity contribution in [1.82, 2.24) is 15.2 Å². The Balaban J connectivity index is 1.81. The van der Waals surface area contributed by atoms with Crippen LogP contribution in [-0.4, -0.2) is 15.2 Å². The van der Waals surface area contributed by atoms with Gasteiger partial charge in [-0.1, -0.05) is 18.2 Å². The normalized spacial score (nSPS) is 10.0. The summed E-state index contributed by atoms with van der Waals surface area (Å²) in [4.78, 5) is 4.41. The molecule has 0 aliphatic carbocycles. The number of aryl methyl sites for hydroxylation is 2. The highest BCUT2D eigenvalue weighted by Crippen LogP contribution is 2.21. The largest absolute Gasteiger partial charge is 0.339 e. The van der Waals surface area contributed by atoms with E-state index in [-0.39, 0.29) is 0 Å². The van der Waals surface area contributed by atoms with Crippen LogP contribution in [0.25, 0.3) is 0 Å². The number of nitriles is 1. The van der Waals surface area contributed by atoms with Crippen molar-refractivity contribution in [1.29, 1.82) is 5.26 Å². The summed E-state index contributed by atoms with van der Waals surface area (Å²) in [5.41, 5.74) is 4.57. The van der Waals surface area contributed by atoms with Gasteiger partial charge in [0.15, 0.2) is 5.82 Å². The topological polar surface area (TPSA) is 86.5 Å². The van der Waals surface area contributed by atoms with Crippen molar-refractivity contribution in [3.05, 3.63) is 65.4 Å². The van der Waals surface area contributed by atoms with Crippen molar-refractivity contribution < 1.29 is 0 Å². The van der Waals surface area contributed by atoms with Gasteiger partial charge in [-0.05, 0) is 49.2 Å². The molecule has 6 nitrogen and oxygen atoms in total. The molecule has 3 aromatic rings. The lowest BCUT2D eigenvalue weighted by Gasteiger charge is -2.10. The molecule has 118 valence electrons. The summed E-state index contributed by atoms with van der Waals surface area (Å²) in [7, 11) is 0. The molecule has 0 bridgehead atoms. The Bertz CT molecular complexity index is 913. The predicted octanol–water partition coefficient (Wildman–Crippen LogP) is 3.85. The van der Waals surface area contributed by atoms with Crippen LogP contribution < -0.4 is 10.6 Å². The number of hydrogen-bond donors (Lipinski definition) is 2. The van der Waals surface area contributed by atoms with E-state index in [0.29, 0.717) is 17.3 Å². The standard InChI is InChI=1S/C18H16N6/c1-12-6-7-13(2)16(8-12)22-17-11-20-24-18(23-17)21-15-5-3-4-14(9-15)10-19/h3-9,11H,1-2H3,(H2,21,22,23,24). The molecule has 1 aromatic heterocycles. The Morgan fingerprint density at radius 2 is 1.92 bits per heavy atom. The fourth-order valence-corrected chi connectivity index (χ4v) is 2.22. The summed E-state index contributed by atoms with van der Waals surface area (Å²) in [6.07, 6.45) is 1.57. The van der Waals surface area contributed by atoms with E-state index in [1.807, 2.05) is 19.9 Å². The van der Waals surface area contributed by atoms with Crippen LogP contribution >= 0.6 is 0 Å². The molecule has 0 saturated heterocycles. The molecular formula is C18H16N6. The SMILES string of the molecule is Cc1ccc(C)c(Nc2cnnc(Nc3cccc(C#N)c3)n2)c1. The summed E-state index contributed by atoms with van der Waals surface area (Å²) < 4.78 is 0. The minimum absolute atomic E-state index is 0.361. The van der Waals surface area contributed by atoms with Crippen LogP contribution in [0.15, 0.2) is 48.7 Å². The highest BCUT2D eigenvalue weighted by Gasteiger charge is 2.04. The van der Waals surface area contributed by atoms with E-state index in [0.717, 1.165) is 22.5 Å². The van der Waals surface area contributed by atoms with Gasteiger partial charge >= 0.3 is 0 Å². The first-order valence-corrected chi connectivity index (χ1v) is 7.45. The summed E-state index contributed by atoms with van der Waals surface area (Å²) in [5, 5.41) is 23.2. The Hall–Kier alpha value is -3.46. The van der Waals surface area contributed by atoms with Gasteiger partial charge in [0, 0.05) is 11.4 Å². The second-order valence-electron chi connectivity index (χ2n) is 5.43.